The lowest BCUT2D eigenvalue weighted by molar-refractivity contribution is -0.160. The number of methoxy groups -OCH3 is 1. The minimum absolute atomic E-state index is 0.0131. The van der Waals surface area contributed by atoms with Gasteiger partial charge in [0.05, 0.1) is 26.4 Å². The zero-order chi connectivity index (χ0) is 18.1. The number of carboxylic acid groups (broad SMARTS) is 1. The third kappa shape index (κ3) is 3.62. The molecule has 9 heteroatoms. The highest BCUT2D eigenvalue weighted by Crippen LogP contribution is 2.37. The maximum Gasteiger partial charge on any atom is 0.407 e. The normalized spacial score (nSPS) is 30.6. The van der Waals surface area contributed by atoms with Crippen LogP contribution in [-0.4, -0.2) is 72.2 Å². The van der Waals surface area contributed by atoms with Gasteiger partial charge >= 0.3 is 12.1 Å². The minimum Gasteiger partial charge on any atom is -0.480 e. The molecule has 1 spiro atoms. The van der Waals surface area contributed by atoms with Crippen molar-refractivity contribution in [1.29, 1.82) is 0 Å². The van der Waals surface area contributed by atoms with Gasteiger partial charge in [0, 0.05) is 6.42 Å². The van der Waals surface area contributed by atoms with Gasteiger partial charge in [0.1, 0.15) is 12.1 Å². The van der Waals surface area contributed by atoms with E-state index in [0.29, 0.717) is 6.61 Å². The number of hydrogen-bond acceptors (Lipinski definition) is 6. The van der Waals surface area contributed by atoms with Crippen molar-refractivity contribution in [3.05, 3.63) is 0 Å². The fraction of sp³-hybridized carbons (Fsp3) is 0.800. The Balaban J connectivity index is 2.21. The summed E-state index contributed by atoms with van der Waals surface area (Å²) in [4.78, 5) is 37.1. The second kappa shape index (κ2) is 6.94. The van der Waals surface area contributed by atoms with Crippen LogP contribution in [0.3, 0.4) is 0 Å². The van der Waals surface area contributed by atoms with Gasteiger partial charge in [-0.1, -0.05) is 13.8 Å². The Morgan fingerprint density at radius 2 is 2.04 bits per heavy atom. The highest BCUT2D eigenvalue weighted by Gasteiger charge is 2.55. The standard InChI is InChI=1S/C15H24N2O7/c1-8(2)11(16-14(21)22-4)12(18)17-7-15(5-10(17)13(19)20)23-6-9(3)24-15/h8-11H,5-7H2,1-4H3,(H,16,21)(H,19,20)/t9?,10-,11-,15?/m0/s1. The van der Waals surface area contributed by atoms with Crippen LogP contribution in [0.4, 0.5) is 4.79 Å². The van der Waals surface area contributed by atoms with E-state index in [-0.39, 0.29) is 25.0 Å². The molecule has 2 aliphatic rings. The number of carbonyl (C=O) groups is 3. The Morgan fingerprint density at radius 1 is 1.38 bits per heavy atom. The zero-order valence-electron chi connectivity index (χ0n) is 14.3. The molecular formula is C15H24N2O7. The van der Waals surface area contributed by atoms with Crippen molar-refractivity contribution in [2.75, 3.05) is 20.3 Å². The Labute approximate surface area is 140 Å². The Hall–Kier alpha value is -1.87. The summed E-state index contributed by atoms with van der Waals surface area (Å²) < 4.78 is 15.9. The van der Waals surface area contributed by atoms with Crippen LogP contribution >= 0.6 is 0 Å². The van der Waals surface area contributed by atoms with Crippen LogP contribution in [0.5, 0.6) is 0 Å². The van der Waals surface area contributed by atoms with Gasteiger partial charge in [0.2, 0.25) is 5.91 Å². The lowest BCUT2D eigenvalue weighted by Gasteiger charge is -2.29. The van der Waals surface area contributed by atoms with Crippen molar-refractivity contribution in [2.24, 2.45) is 5.92 Å². The third-order valence-corrected chi connectivity index (χ3v) is 4.25. The fourth-order valence-corrected chi connectivity index (χ4v) is 3.06. The average Bonchev–Trinajstić information content (AvgIpc) is 3.07. The van der Waals surface area contributed by atoms with Crippen LogP contribution in [-0.2, 0) is 23.8 Å². The first-order chi connectivity index (χ1) is 11.2. The van der Waals surface area contributed by atoms with E-state index >= 15 is 0 Å². The van der Waals surface area contributed by atoms with E-state index in [2.05, 4.69) is 10.1 Å². The third-order valence-electron chi connectivity index (χ3n) is 4.25. The van der Waals surface area contributed by atoms with Gasteiger partial charge < -0.3 is 29.5 Å². The Morgan fingerprint density at radius 3 is 2.50 bits per heavy atom. The van der Waals surface area contributed by atoms with E-state index in [9.17, 15) is 19.5 Å². The number of carboxylic acids is 1. The number of nitrogens with one attached hydrogen (secondary N) is 1. The van der Waals surface area contributed by atoms with Crippen LogP contribution in [0.2, 0.25) is 0 Å². The summed E-state index contributed by atoms with van der Waals surface area (Å²) in [7, 11) is 1.20. The van der Waals surface area contributed by atoms with Crippen molar-refractivity contribution < 1.29 is 33.7 Å². The first-order valence-electron chi connectivity index (χ1n) is 7.88. The van der Waals surface area contributed by atoms with E-state index in [4.69, 9.17) is 9.47 Å². The van der Waals surface area contributed by atoms with E-state index in [0.717, 1.165) is 0 Å². The number of likely N-dealkylation sites (tertiary alicyclic amines) is 1. The first-order valence-corrected chi connectivity index (χ1v) is 7.88. The van der Waals surface area contributed by atoms with Crippen molar-refractivity contribution in [3.63, 3.8) is 0 Å². The second-order valence-corrected chi connectivity index (χ2v) is 6.53. The molecule has 0 aromatic heterocycles. The predicted octanol–water partition coefficient (Wildman–Crippen LogP) is 0.184. The van der Waals surface area contributed by atoms with Crippen LogP contribution in [0.15, 0.2) is 0 Å². The molecule has 0 aromatic rings. The van der Waals surface area contributed by atoms with E-state index in [1.165, 1.54) is 12.0 Å². The van der Waals surface area contributed by atoms with Crippen LogP contribution in [0.25, 0.3) is 0 Å². The topological polar surface area (TPSA) is 114 Å². The van der Waals surface area contributed by atoms with Gasteiger partial charge in [-0.2, -0.15) is 0 Å². The molecule has 136 valence electrons. The molecule has 2 N–H and O–H groups in total. The molecule has 2 rings (SSSR count). The lowest BCUT2D eigenvalue weighted by Crippen LogP contribution is -2.54. The highest BCUT2D eigenvalue weighted by molar-refractivity contribution is 5.90. The summed E-state index contributed by atoms with van der Waals surface area (Å²) in [5.74, 6) is -2.96. The largest absolute Gasteiger partial charge is 0.480 e. The number of amides is 2. The van der Waals surface area contributed by atoms with Gasteiger partial charge in [0.15, 0.2) is 5.79 Å². The summed E-state index contributed by atoms with van der Waals surface area (Å²) in [6.45, 7) is 5.70. The van der Waals surface area contributed by atoms with E-state index < -0.39 is 35.8 Å². The second-order valence-electron chi connectivity index (χ2n) is 6.53. The quantitative estimate of drug-likeness (QED) is 0.748. The van der Waals surface area contributed by atoms with Crippen LogP contribution < -0.4 is 5.32 Å². The van der Waals surface area contributed by atoms with Gasteiger partial charge in [-0.25, -0.2) is 9.59 Å². The van der Waals surface area contributed by atoms with Crippen molar-refractivity contribution in [2.45, 2.75) is 51.2 Å². The van der Waals surface area contributed by atoms with Crippen molar-refractivity contribution in [1.82, 2.24) is 10.2 Å². The molecule has 0 aromatic carbocycles. The van der Waals surface area contributed by atoms with Crippen molar-refractivity contribution >= 4 is 18.0 Å². The number of ether oxygens (including phenoxy) is 3. The zero-order valence-corrected chi connectivity index (χ0v) is 14.3. The smallest absolute Gasteiger partial charge is 0.407 e. The molecule has 2 unspecified atom stereocenters. The number of nitrogens with zero attached hydrogens (tertiary/aromatic N) is 1. The summed E-state index contributed by atoms with van der Waals surface area (Å²) >= 11 is 0. The molecule has 0 radical (unpaired) electrons. The number of carbonyl (C=O) groups excluding carboxylic acids is 2. The minimum atomic E-state index is -1.13. The maximum atomic E-state index is 12.9. The fourth-order valence-electron chi connectivity index (χ4n) is 3.06. The van der Waals surface area contributed by atoms with E-state index in [1.54, 1.807) is 13.8 Å². The van der Waals surface area contributed by atoms with Gasteiger partial charge in [0.25, 0.3) is 0 Å². The molecule has 24 heavy (non-hydrogen) atoms. The maximum absolute atomic E-state index is 12.9. The molecule has 0 bridgehead atoms. The number of alkyl carbamates (subject to hydrolysis) is 1. The monoisotopic (exact) mass is 344 g/mol. The molecule has 2 heterocycles. The number of aliphatic carboxylic acids is 1. The van der Waals surface area contributed by atoms with Gasteiger partial charge in [-0.05, 0) is 12.8 Å². The first kappa shape index (κ1) is 18.5. The molecule has 0 aliphatic carbocycles. The van der Waals surface area contributed by atoms with Crippen LogP contribution in [0, 0.1) is 5.92 Å². The predicted molar refractivity (Wildman–Crippen MR) is 81.2 cm³/mol. The molecular weight excluding hydrogens is 320 g/mol. The Kier molecular flexibility index (Phi) is 5.34. The summed E-state index contributed by atoms with van der Waals surface area (Å²) in [6.07, 6.45) is -0.852. The van der Waals surface area contributed by atoms with Crippen molar-refractivity contribution in [3.8, 4) is 0 Å². The molecule has 2 saturated heterocycles. The molecule has 0 saturated carbocycles. The molecule has 2 fully saturated rings. The van der Waals surface area contributed by atoms with Gasteiger partial charge in [-0.15, -0.1) is 0 Å². The summed E-state index contributed by atoms with van der Waals surface area (Å²) in [5.41, 5.74) is 0. The van der Waals surface area contributed by atoms with Crippen LogP contribution in [0.1, 0.15) is 27.2 Å². The lowest BCUT2D eigenvalue weighted by atomic mass is 10.0. The number of rotatable bonds is 4. The molecule has 9 nitrogen and oxygen atoms in total. The SMILES string of the molecule is COC(=O)N[C@H](C(=O)N1CC2(C[C@H]1C(=O)O)OCC(C)O2)C(C)C. The Bertz CT molecular complexity index is 524. The molecule has 2 amide bonds. The van der Waals surface area contributed by atoms with E-state index in [1.807, 2.05) is 6.92 Å². The average molecular weight is 344 g/mol. The van der Waals surface area contributed by atoms with Gasteiger partial charge in [-0.3, -0.25) is 4.79 Å². The summed E-state index contributed by atoms with van der Waals surface area (Å²) in [6, 6.07) is -1.96. The molecule has 4 atom stereocenters. The highest BCUT2D eigenvalue weighted by atomic mass is 16.7. The number of hydrogen-bond donors (Lipinski definition) is 2. The summed E-state index contributed by atoms with van der Waals surface area (Å²) in [5, 5.41) is 11.9. The molecule has 2 aliphatic heterocycles.